The van der Waals surface area contributed by atoms with E-state index in [2.05, 4.69) is 26.6 Å². The lowest BCUT2D eigenvalue weighted by Gasteiger charge is -2.25. The topological polar surface area (TPSA) is 265 Å². The lowest BCUT2D eigenvalue weighted by atomic mass is 10.0. The van der Waals surface area contributed by atoms with Crippen molar-refractivity contribution < 1.29 is 53.2 Å². The highest BCUT2D eigenvalue weighted by atomic mass is 16.5. The van der Waals surface area contributed by atoms with E-state index in [0.717, 1.165) is 69.8 Å². The average Bonchev–Trinajstić information content (AvgIpc) is 3.27. The van der Waals surface area contributed by atoms with Crippen LogP contribution in [0.5, 0.6) is 11.5 Å². The fourth-order valence-corrected chi connectivity index (χ4v) is 7.44. The smallest absolute Gasteiger partial charge is 0.326 e. The van der Waals surface area contributed by atoms with E-state index in [4.69, 9.17) is 15.2 Å². The van der Waals surface area contributed by atoms with Crippen LogP contribution in [0.1, 0.15) is 135 Å². The van der Waals surface area contributed by atoms with Crippen LogP contribution < -0.4 is 41.8 Å². The van der Waals surface area contributed by atoms with Crippen LogP contribution in [-0.2, 0) is 46.4 Å². The first kappa shape index (κ1) is 56.4. The Morgan fingerprint density at radius 2 is 1.14 bits per heavy atom. The molecule has 0 aliphatic rings. The van der Waals surface area contributed by atoms with Gasteiger partial charge in [0.15, 0.2) is 11.5 Å². The number of carboxylic acid groups (broad SMARTS) is 1. The number of aliphatic hydroxyl groups is 1. The minimum Gasteiger partial charge on any atom is -0.493 e. The predicted molar refractivity (Wildman–Crippen MR) is 251 cm³/mol. The molecule has 0 spiro atoms. The molecular formula is C49H76N6O11. The van der Waals surface area contributed by atoms with Gasteiger partial charge in [-0.1, -0.05) is 114 Å². The number of benzene rings is 2. The Morgan fingerprint density at radius 1 is 0.606 bits per heavy atom. The molecule has 0 bridgehead atoms. The summed E-state index contributed by atoms with van der Waals surface area (Å²) in [6, 6.07) is 9.77. The van der Waals surface area contributed by atoms with Crippen molar-refractivity contribution in [2.45, 2.75) is 167 Å². The summed E-state index contributed by atoms with van der Waals surface area (Å²) in [5, 5.41) is 33.3. The normalized spacial score (nSPS) is 13.3. The number of unbranched alkanes of at least 4 members (excludes halogenated alkanes) is 11. The van der Waals surface area contributed by atoms with Crippen LogP contribution in [-0.4, -0.2) is 103 Å². The molecule has 1 unspecified atom stereocenters. The molecule has 0 heterocycles. The largest absolute Gasteiger partial charge is 0.493 e. The molecule has 5 atom stereocenters. The summed E-state index contributed by atoms with van der Waals surface area (Å²) < 4.78 is 10.6. The van der Waals surface area contributed by atoms with E-state index in [1.165, 1.54) is 6.92 Å². The molecule has 2 aromatic rings. The zero-order valence-electron chi connectivity index (χ0n) is 39.7. The van der Waals surface area contributed by atoms with Gasteiger partial charge in [0.05, 0.1) is 26.7 Å². The van der Waals surface area contributed by atoms with E-state index < -0.39 is 66.3 Å². The molecule has 17 heteroatoms. The number of aliphatic hydroxyl groups excluding tert-OH is 1. The van der Waals surface area contributed by atoms with Gasteiger partial charge in [-0.3, -0.25) is 28.8 Å². The van der Waals surface area contributed by atoms with Gasteiger partial charge in [-0.15, -0.1) is 0 Å². The van der Waals surface area contributed by atoms with Gasteiger partial charge in [-0.05, 0) is 61.8 Å². The fourth-order valence-electron chi connectivity index (χ4n) is 7.44. The van der Waals surface area contributed by atoms with Crippen LogP contribution in [0.25, 0.3) is 0 Å². The maximum atomic E-state index is 13.3. The second kappa shape index (κ2) is 32.0. The fraction of sp³-hybridized carbons (Fsp3) is 0.612. The molecule has 9 N–H and O–H groups in total. The van der Waals surface area contributed by atoms with Crippen molar-refractivity contribution >= 4 is 41.4 Å². The number of carboxylic acids is 1. The molecule has 6 amide bonds. The summed E-state index contributed by atoms with van der Waals surface area (Å²) in [4.78, 5) is 88.2. The Kier molecular flexibility index (Phi) is 27.4. The van der Waals surface area contributed by atoms with Gasteiger partial charge in [0.1, 0.15) is 24.2 Å². The molecule has 0 aliphatic heterocycles. The number of carbonyl (C=O) groups is 7. The van der Waals surface area contributed by atoms with Crippen LogP contribution in [0.2, 0.25) is 0 Å². The number of rotatable bonds is 35. The van der Waals surface area contributed by atoms with Crippen LogP contribution >= 0.6 is 0 Å². The number of amides is 6. The van der Waals surface area contributed by atoms with Crippen LogP contribution in [0.4, 0.5) is 0 Å². The number of hydrogen-bond acceptors (Lipinski definition) is 10. The Bertz CT molecular complexity index is 1810. The van der Waals surface area contributed by atoms with Crippen molar-refractivity contribution in [2.75, 3.05) is 20.8 Å². The SMILES string of the molecule is COc1ccc(CCNC(=O)[C@H](CC(C)C)NC(=O)[C@@H](NC(=O)CCCCCCCCCCCCCCC(=O)N[C@@H](CC(N)=O)C(=O)N[C@@H](Cc2ccccc2)C(=O)O)C(C)O)cc1OC. The summed E-state index contributed by atoms with van der Waals surface area (Å²) in [5.41, 5.74) is 6.96. The molecule has 0 saturated heterocycles. The highest BCUT2D eigenvalue weighted by Gasteiger charge is 2.31. The number of hydrogen-bond donors (Lipinski definition) is 8. The highest BCUT2D eigenvalue weighted by molar-refractivity contribution is 5.94. The average molecular weight is 925 g/mol. The summed E-state index contributed by atoms with van der Waals surface area (Å²) in [6.45, 7) is 5.65. The maximum absolute atomic E-state index is 13.3. The Morgan fingerprint density at radius 3 is 1.64 bits per heavy atom. The first-order valence-electron chi connectivity index (χ1n) is 23.5. The second-order valence-corrected chi connectivity index (χ2v) is 17.3. The van der Waals surface area contributed by atoms with E-state index >= 15 is 0 Å². The molecule has 0 aliphatic carbocycles. The molecule has 0 aromatic heterocycles. The first-order valence-corrected chi connectivity index (χ1v) is 23.5. The van der Waals surface area contributed by atoms with Gasteiger partial charge in [0.2, 0.25) is 35.4 Å². The highest BCUT2D eigenvalue weighted by Crippen LogP contribution is 2.27. The van der Waals surface area contributed by atoms with Gasteiger partial charge in [0, 0.05) is 25.8 Å². The van der Waals surface area contributed by atoms with E-state index in [9.17, 15) is 43.8 Å². The third kappa shape index (κ3) is 23.5. The van der Waals surface area contributed by atoms with Crippen molar-refractivity contribution in [3.8, 4) is 11.5 Å². The molecule has 2 aromatic carbocycles. The number of nitrogens with two attached hydrogens (primary N) is 1. The summed E-state index contributed by atoms with van der Waals surface area (Å²) >= 11 is 0. The van der Waals surface area contributed by atoms with Crippen LogP contribution in [0.3, 0.4) is 0 Å². The predicted octanol–water partition coefficient (Wildman–Crippen LogP) is 4.39. The zero-order valence-corrected chi connectivity index (χ0v) is 39.7. The lowest BCUT2D eigenvalue weighted by Crippen LogP contribution is -2.57. The molecular weight excluding hydrogens is 849 g/mol. The number of carbonyl (C=O) groups excluding carboxylic acids is 6. The second-order valence-electron chi connectivity index (χ2n) is 17.3. The van der Waals surface area contributed by atoms with E-state index in [1.807, 2.05) is 26.0 Å². The van der Waals surface area contributed by atoms with E-state index in [0.29, 0.717) is 49.3 Å². The van der Waals surface area contributed by atoms with Gasteiger partial charge in [-0.2, -0.15) is 0 Å². The molecule has 2 rings (SSSR count). The minimum absolute atomic E-state index is 0.0388. The van der Waals surface area contributed by atoms with Crippen LogP contribution in [0, 0.1) is 5.92 Å². The number of methoxy groups -OCH3 is 2. The quantitative estimate of drug-likeness (QED) is 0.0450. The molecule has 66 heavy (non-hydrogen) atoms. The molecule has 368 valence electrons. The summed E-state index contributed by atoms with van der Waals surface area (Å²) in [7, 11) is 3.12. The number of ether oxygens (including phenoxy) is 2. The van der Waals surface area contributed by atoms with Crippen molar-refractivity contribution in [3.63, 3.8) is 0 Å². The third-order valence-electron chi connectivity index (χ3n) is 11.1. The van der Waals surface area contributed by atoms with Crippen molar-refractivity contribution in [1.82, 2.24) is 26.6 Å². The van der Waals surface area contributed by atoms with Crippen molar-refractivity contribution in [1.29, 1.82) is 0 Å². The Hall–Kier alpha value is -5.71. The third-order valence-corrected chi connectivity index (χ3v) is 11.1. The van der Waals surface area contributed by atoms with E-state index in [1.54, 1.807) is 50.6 Å². The van der Waals surface area contributed by atoms with Gasteiger partial charge >= 0.3 is 5.97 Å². The van der Waals surface area contributed by atoms with Gasteiger partial charge in [0.25, 0.3) is 0 Å². The Balaban J connectivity index is 1.60. The number of primary amides is 1. The lowest BCUT2D eigenvalue weighted by molar-refractivity contribution is -0.142. The maximum Gasteiger partial charge on any atom is 0.326 e. The molecule has 0 radical (unpaired) electrons. The number of nitrogens with one attached hydrogen (secondary N) is 5. The van der Waals surface area contributed by atoms with Crippen molar-refractivity contribution in [3.05, 3.63) is 59.7 Å². The monoisotopic (exact) mass is 925 g/mol. The molecule has 17 nitrogen and oxygen atoms in total. The minimum atomic E-state index is -1.27. The van der Waals surface area contributed by atoms with Gasteiger partial charge < -0.3 is 52.0 Å². The molecule has 0 saturated carbocycles. The number of aliphatic carboxylic acids is 1. The zero-order chi connectivity index (χ0) is 48.9. The molecule has 0 fully saturated rings. The summed E-state index contributed by atoms with van der Waals surface area (Å²) in [5.74, 6) is -3.24. The summed E-state index contributed by atoms with van der Waals surface area (Å²) in [6.07, 6.45) is 11.0. The Labute approximate surface area is 390 Å². The first-order chi connectivity index (χ1) is 31.5. The van der Waals surface area contributed by atoms with Crippen LogP contribution in [0.15, 0.2) is 48.5 Å². The van der Waals surface area contributed by atoms with Crippen molar-refractivity contribution in [2.24, 2.45) is 11.7 Å². The van der Waals surface area contributed by atoms with E-state index in [-0.39, 0.29) is 37.0 Å². The van der Waals surface area contributed by atoms with Gasteiger partial charge in [-0.25, -0.2) is 4.79 Å². The standard InChI is InChI=1S/C49H76N6O11/c1-33(2)29-37(46(60)51-28-27-36-25-26-40(65-4)41(31-36)66-5)53-48(62)45(34(3)56)55-44(59)24-20-15-13-11-9-7-6-8-10-12-14-19-23-43(58)52-38(32-42(50)57)47(61)54-39(49(63)64)30-35-21-17-16-18-22-35/h16-18,21-22,25-26,31,33-34,37-39,45,56H,6-15,19-20,23-24,27-30,32H2,1-5H3,(H2,50,57)(H,51,60)(H,52,58)(H,53,62)(H,54,61)(H,55,59)(H,63,64)/t34?,37-,38-,39-,45-/m0/s1.